The lowest BCUT2D eigenvalue weighted by molar-refractivity contribution is -0.0519. The fraction of sp³-hybridized carbons (Fsp3) is 0.600. The molecule has 0 bridgehead atoms. The van der Waals surface area contributed by atoms with Gasteiger partial charge in [-0.1, -0.05) is 12.1 Å². The van der Waals surface area contributed by atoms with Crippen LogP contribution in [0.3, 0.4) is 0 Å². The minimum Gasteiger partial charge on any atom is -0.493 e. The molecule has 4 nitrogen and oxygen atoms in total. The monoisotopic (exact) mass is 300 g/mol. The van der Waals surface area contributed by atoms with Gasteiger partial charge in [-0.2, -0.15) is 8.78 Å². The number of para-hydroxylation sites is 1. The van der Waals surface area contributed by atoms with Gasteiger partial charge in [0.1, 0.15) is 0 Å². The summed E-state index contributed by atoms with van der Waals surface area (Å²) < 4.78 is 34.8. The highest BCUT2D eigenvalue weighted by Crippen LogP contribution is 2.32. The molecule has 6 heteroatoms. The fourth-order valence-electron chi connectivity index (χ4n) is 2.66. The van der Waals surface area contributed by atoms with Crippen LogP contribution in [0.1, 0.15) is 31.2 Å². The van der Waals surface area contributed by atoms with Crippen LogP contribution in [0, 0.1) is 0 Å². The number of ether oxygens (including phenoxy) is 2. The number of methoxy groups -OCH3 is 1. The summed E-state index contributed by atoms with van der Waals surface area (Å²) >= 11 is 0. The van der Waals surface area contributed by atoms with E-state index in [0.29, 0.717) is 23.9 Å². The van der Waals surface area contributed by atoms with Crippen molar-refractivity contribution < 1.29 is 18.3 Å². The number of nitrogens with one attached hydrogen (secondary N) is 1. The Labute approximate surface area is 123 Å². The van der Waals surface area contributed by atoms with Gasteiger partial charge in [-0.15, -0.1) is 0 Å². The number of rotatable bonds is 6. The third-order valence-electron chi connectivity index (χ3n) is 3.84. The normalized spacial score (nSPS) is 22.3. The number of benzene rings is 1. The van der Waals surface area contributed by atoms with E-state index in [2.05, 4.69) is 10.1 Å². The number of nitrogens with two attached hydrogens (primary N) is 1. The molecule has 118 valence electrons. The second-order valence-corrected chi connectivity index (χ2v) is 5.32. The van der Waals surface area contributed by atoms with Gasteiger partial charge in [0.05, 0.1) is 7.11 Å². The molecule has 2 rings (SSSR count). The lowest BCUT2D eigenvalue weighted by atomic mass is 9.92. The van der Waals surface area contributed by atoms with E-state index in [1.165, 1.54) is 7.11 Å². The number of alkyl halides is 2. The second kappa shape index (κ2) is 7.56. The Morgan fingerprint density at radius 1 is 1.29 bits per heavy atom. The minimum atomic E-state index is -2.87. The molecular formula is C15H22F2N2O2. The average molecular weight is 300 g/mol. The molecule has 0 unspecified atom stereocenters. The van der Waals surface area contributed by atoms with Crippen molar-refractivity contribution in [2.24, 2.45) is 5.73 Å². The largest absolute Gasteiger partial charge is 0.493 e. The standard InChI is InChI=1S/C15H22F2N2O2/c1-20-13-4-2-3-10(14(13)21-15(16)17)9-19-12-7-5-11(18)6-8-12/h2-4,11-12,15,19H,5-9,18H2,1H3. The molecule has 1 saturated carbocycles. The molecule has 0 heterocycles. The fourth-order valence-corrected chi connectivity index (χ4v) is 2.66. The van der Waals surface area contributed by atoms with Gasteiger partial charge >= 0.3 is 6.61 Å². The highest BCUT2D eigenvalue weighted by atomic mass is 19.3. The maximum absolute atomic E-state index is 12.5. The van der Waals surface area contributed by atoms with Crippen molar-refractivity contribution in [3.8, 4) is 11.5 Å². The molecule has 1 aliphatic rings. The van der Waals surface area contributed by atoms with Crippen molar-refractivity contribution in [2.75, 3.05) is 7.11 Å². The van der Waals surface area contributed by atoms with Crippen LogP contribution in [0.4, 0.5) is 8.78 Å². The Kier molecular flexibility index (Phi) is 5.76. The average Bonchev–Trinajstić information content (AvgIpc) is 2.47. The molecule has 1 aromatic rings. The third kappa shape index (κ3) is 4.54. The quantitative estimate of drug-likeness (QED) is 0.848. The number of hydrogen-bond acceptors (Lipinski definition) is 4. The van der Waals surface area contributed by atoms with Gasteiger partial charge < -0.3 is 20.5 Å². The van der Waals surface area contributed by atoms with Gasteiger partial charge in [0.2, 0.25) is 0 Å². The highest BCUT2D eigenvalue weighted by Gasteiger charge is 2.20. The molecule has 1 aliphatic carbocycles. The van der Waals surface area contributed by atoms with Crippen molar-refractivity contribution >= 4 is 0 Å². The zero-order chi connectivity index (χ0) is 15.2. The molecule has 0 aromatic heterocycles. The third-order valence-corrected chi connectivity index (χ3v) is 3.84. The molecular weight excluding hydrogens is 278 g/mol. The first-order valence-electron chi connectivity index (χ1n) is 7.19. The highest BCUT2D eigenvalue weighted by molar-refractivity contribution is 5.46. The maximum Gasteiger partial charge on any atom is 0.387 e. The molecule has 0 spiro atoms. The Morgan fingerprint density at radius 2 is 2.00 bits per heavy atom. The first kappa shape index (κ1) is 16.0. The van der Waals surface area contributed by atoms with Crippen molar-refractivity contribution in [3.63, 3.8) is 0 Å². The van der Waals surface area contributed by atoms with Crippen LogP contribution in [0.15, 0.2) is 18.2 Å². The first-order chi connectivity index (χ1) is 10.1. The summed E-state index contributed by atoms with van der Waals surface area (Å²) in [5.74, 6) is 0.426. The Hall–Kier alpha value is -1.40. The van der Waals surface area contributed by atoms with E-state index >= 15 is 0 Å². The van der Waals surface area contributed by atoms with Crippen LogP contribution >= 0.6 is 0 Å². The molecule has 0 saturated heterocycles. The number of hydrogen-bond donors (Lipinski definition) is 2. The molecule has 0 radical (unpaired) electrons. The summed E-state index contributed by atoms with van der Waals surface area (Å²) in [5, 5.41) is 3.39. The molecule has 0 amide bonds. The van der Waals surface area contributed by atoms with E-state index < -0.39 is 6.61 Å². The first-order valence-corrected chi connectivity index (χ1v) is 7.19. The predicted molar refractivity (Wildman–Crippen MR) is 76.7 cm³/mol. The number of halogens is 2. The Balaban J connectivity index is 2.01. The summed E-state index contributed by atoms with van der Waals surface area (Å²) in [6.07, 6.45) is 4.01. The maximum atomic E-state index is 12.5. The van der Waals surface area contributed by atoms with Gasteiger partial charge in [0, 0.05) is 24.2 Å². The van der Waals surface area contributed by atoms with Gasteiger partial charge in [0.25, 0.3) is 0 Å². The summed E-state index contributed by atoms with van der Waals surface area (Å²) in [5.41, 5.74) is 6.54. The van der Waals surface area contributed by atoms with Crippen LogP contribution in [0.5, 0.6) is 11.5 Å². The van der Waals surface area contributed by atoms with Crippen molar-refractivity contribution in [1.29, 1.82) is 0 Å². The summed E-state index contributed by atoms with van der Waals surface area (Å²) in [4.78, 5) is 0. The van der Waals surface area contributed by atoms with E-state index in [9.17, 15) is 8.78 Å². The molecule has 21 heavy (non-hydrogen) atoms. The summed E-state index contributed by atoms with van der Waals surface area (Å²) in [6, 6.07) is 5.81. The molecule has 1 fully saturated rings. The summed E-state index contributed by atoms with van der Waals surface area (Å²) in [7, 11) is 1.44. The van der Waals surface area contributed by atoms with E-state index in [-0.39, 0.29) is 11.8 Å². The Bertz CT molecular complexity index is 449. The smallest absolute Gasteiger partial charge is 0.387 e. The van der Waals surface area contributed by atoms with Crippen LogP contribution in [-0.4, -0.2) is 25.8 Å². The van der Waals surface area contributed by atoms with Gasteiger partial charge in [-0.3, -0.25) is 0 Å². The lowest BCUT2D eigenvalue weighted by Gasteiger charge is -2.27. The van der Waals surface area contributed by atoms with Crippen LogP contribution < -0.4 is 20.5 Å². The molecule has 1 aromatic carbocycles. The predicted octanol–water partition coefficient (Wildman–Crippen LogP) is 2.66. The van der Waals surface area contributed by atoms with Gasteiger partial charge in [-0.05, 0) is 31.7 Å². The lowest BCUT2D eigenvalue weighted by Crippen LogP contribution is -2.37. The van der Waals surface area contributed by atoms with Crippen molar-refractivity contribution in [2.45, 2.75) is 50.9 Å². The topological polar surface area (TPSA) is 56.5 Å². The SMILES string of the molecule is COc1cccc(CNC2CCC(N)CC2)c1OC(F)F. The van der Waals surface area contributed by atoms with Crippen molar-refractivity contribution in [1.82, 2.24) is 5.32 Å². The van der Waals surface area contributed by atoms with Crippen LogP contribution in [-0.2, 0) is 6.54 Å². The van der Waals surface area contributed by atoms with Crippen molar-refractivity contribution in [3.05, 3.63) is 23.8 Å². The molecule has 0 aliphatic heterocycles. The zero-order valence-electron chi connectivity index (χ0n) is 12.1. The molecule has 0 atom stereocenters. The molecule has 3 N–H and O–H groups in total. The van der Waals surface area contributed by atoms with Gasteiger partial charge in [-0.25, -0.2) is 0 Å². The zero-order valence-corrected chi connectivity index (χ0v) is 12.1. The van der Waals surface area contributed by atoms with E-state index in [0.717, 1.165) is 25.7 Å². The van der Waals surface area contributed by atoms with Gasteiger partial charge in [0.15, 0.2) is 11.5 Å². The van der Waals surface area contributed by atoms with E-state index in [1.54, 1.807) is 18.2 Å². The minimum absolute atomic E-state index is 0.106. The summed E-state index contributed by atoms with van der Waals surface area (Å²) in [6.45, 7) is -2.40. The van der Waals surface area contributed by atoms with E-state index in [4.69, 9.17) is 10.5 Å². The van der Waals surface area contributed by atoms with E-state index in [1.807, 2.05) is 0 Å². The second-order valence-electron chi connectivity index (χ2n) is 5.32. The van der Waals surface area contributed by atoms with Crippen LogP contribution in [0.25, 0.3) is 0 Å². The Morgan fingerprint density at radius 3 is 2.62 bits per heavy atom. The van der Waals surface area contributed by atoms with Crippen LogP contribution in [0.2, 0.25) is 0 Å².